The van der Waals surface area contributed by atoms with Crippen molar-refractivity contribution in [3.8, 4) is 0 Å². The zero-order valence-electron chi connectivity index (χ0n) is 24.6. The summed E-state index contributed by atoms with van der Waals surface area (Å²) in [6, 6.07) is 16.8. The highest BCUT2D eigenvalue weighted by atomic mass is 19.4. The third-order valence-electron chi connectivity index (χ3n) is 7.72. The van der Waals surface area contributed by atoms with E-state index in [1.54, 1.807) is 36.3 Å². The van der Waals surface area contributed by atoms with Crippen molar-refractivity contribution < 1.29 is 27.5 Å². The molecule has 0 saturated carbocycles. The molecule has 3 heterocycles. The lowest BCUT2D eigenvalue weighted by molar-refractivity contribution is -0.137. The van der Waals surface area contributed by atoms with Crippen LogP contribution in [0.25, 0.3) is 0 Å². The van der Waals surface area contributed by atoms with Gasteiger partial charge in [-0.1, -0.05) is 12.1 Å². The molecule has 1 aromatic heterocycles. The van der Waals surface area contributed by atoms with E-state index in [-0.39, 0.29) is 18.1 Å². The molecule has 0 spiro atoms. The Hall–Kier alpha value is -5.17. The lowest BCUT2D eigenvalue weighted by Crippen LogP contribution is -2.46. The molecule has 2 aliphatic rings. The van der Waals surface area contributed by atoms with Gasteiger partial charge < -0.3 is 20.3 Å². The fourth-order valence-electron chi connectivity index (χ4n) is 5.28. The summed E-state index contributed by atoms with van der Waals surface area (Å²) in [4.78, 5) is 40.7. The van der Waals surface area contributed by atoms with Crippen LogP contribution < -0.4 is 25.3 Å². The molecule has 0 radical (unpaired) electrons. The first kappa shape index (κ1) is 29.9. The van der Waals surface area contributed by atoms with Crippen molar-refractivity contribution >= 4 is 46.5 Å². The molecule has 45 heavy (non-hydrogen) atoms. The topological polar surface area (TPSA) is 103 Å². The number of amides is 3. The minimum Gasteiger partial charge on any atom is -0.378 e. The van der Waals surface area contributed by atoms with Gasteiger partial charge in [0, 0.05) is 54.5 Å². The number of alkyl halides is 3. The molecule has 2 aliphatic heterocycles. The number of nitrogens with zero attached hydrogens (tertiary/aromatic N) is 5. The van der Waals surface area contributed by atoms with Crippen LogP contribution in [0.2, 0.25) is 0 Å². The average Bonchev–Trinajstić information content (AvgIpc) is 3.04. The normalized spacial score (nSPS) is 15.1. The van der Waals surface area contributed by atoms with Crippen LogP contribution in [0, 0.1) is 6.92 Å². The number of morpholine rings is 1. The molecule has 2 N–H and O–H groups in total. The van der Waals surface area contributed by atoms with Crippen LogP contribution in [-0.2, 0) is 17.5 Å². The van der Waals surface area contributed by atoms with Gasteiger partial charge >= 0.3 is 12.2 Å². The lowest BCUT2D eigenvalue weighted by Gasteiger charge is -2.35. The molecule has 1 saturated heterocycles. The molecule has 232 valence electrons. The van der Waals surface area contributed by atoms with Gasteiger partial charge in [0.25, 0.3) is 5.91 Å². The molecule has 13 heteroatoms. The van der Waals surface area contributed by atoms with Crippen LogP contribution in [0.3, 0.4) is 0 Å². The van der Waals surface area contributed by atoms with E-state index in [1.165, 1.54) is 17.0 Å². The third-order valence-corrected chi connectivity index (χ3v) is 7.72. The first-order valence-electron chi connectivity index (χ1n) is 14.3. The molecule has 0 unspecified atom stereocenters. The molecular formula is C32H30F3N7O3. The van der Waals surface area contributed by atoms with Gasteiger partial charge in [-0.25, -0.2) is 9.78 Å². The number of carbonyl (C=O) groups is 2. The summed E-state index contributed by atoms with van der Waals surface area (Å²) in [7, 11) is 1.62. The number of ether oxygens (including phenoxy) is 1. The van der Waals surface area contributed by atoms with E-state index in [4.69, 9.17) is 4.74 Å². The molecule has 4 aromatic rings. The number of halogens is 3. The number of benzene rings is 3. The summed E-state index contributed by atoms with van der Waals surface area (Å²) in [5.41, 5.74) is 3.19. The predicted octanol–water partition coefficient (Wildman–Crippen LogP) is 6.21. The van der Waals surface area contributed by atoms with Crippen LogP contribution in [0.1, 0.15) is 27.0 Å². The van der Waals surface area contributed by atoms with E-state index in [2.05, 4.69) is 25.5 Å². The minimum absolute atomic E-state index is 0.135. The summed E-state index contributed by atoms with van der Waals surface area (Å²) >= 11 is 0. The Kier molecular flexibility index (Phi) is 8.02. The number of rotatable bonds is 6. The summed E-state index contributed by atoms with van der Waals surface area (Å²) in [5.74, 6) is 0.106. The second kappa shape index (κ2) is 12.1. The average molecular weight is 618 g/mol. The van der Waals surface area contributed by atoms with E-state index in [0.29, 0.717) is 41.9 Å². The Labute approximate surface area is 257 Å². The molecular weight excluding hydrogens is 587 g/mol. The fourth-order valence-corrected chi connectivity index (χ4v) is 5.28. The van der Waals surface area contributed by atoms with Crippen LogP contribution in [-0.4, -0.2) is 55.3 Å². The van der Waals surface area contributed by atoms with Crippen molar-refractivity contribution in [3.05, 3.63) is 95.2 Å². The zero-order valence-corrected chi connectivity index (χ0v) is 24.6. The fraction of sp³-hybridized carbons (Fsp3) is 0.250. The van der Waals surface area contributed by atoms with Crippen molar-refractivity contribution in [2.45, 2.75) is 19.6 Å². The second-order valence-electron chi connectivity index (χ2n) is 10.8. The molecule has 10 nitrogen and oxygen atoms in total. The molecule has 0 atom stereocenters. The van der Waals surface area contributed by atoms with E-state index in [9.17, 15) is 22.8 Å². The van der Waals surface area contributed by atoms with E-state index in [0.717, 1.165) is 42.2 Å². The van der Waals surface area contributed by atoms with Crippen LogP contribution in [0.15, 0.2) is 72.9 Å². The van der Waals surface area contributed by atoms with Gasteiger partial charge in [0.1, 0.15) is 5.82 Å². The zero-order chi connectivity index (χ0) is 31.7. The molecule has 6 rings (SSSR count). The second-order valence-corrected chi connectivity index (χ2v) is 10.8. The van der Waals surface area contributed by atoms with Crippen molar-refractivity contribution in [3.63, 3.8) is 0 Å². The largest absolute Gasteiger partial charge is 0.416 e. The number of aryl methyl sites for hydroxylation is 1. The first-order valence-corrected chi connectivity index (χ1v) is 14.3. The Morgan fingerprint density at radius 3 is 2.44 bits per heavy atom. The van der Waals surface area contributed by atoms with Crippen LogP contribution in [0.4, 0.5) is 52.5 Å². The number of fused-ring (bicyclic) bond motifs is 1. The first-order chi connectivity index (χ1) is 21.6. The van der Waals surface area contributed by atoms with Gasteiger partial charge in [-0.3, -0.25) is 14.6 Å². The predicted molar refractivity (Wildman–Crippen MR) is 165 cm³/mol. The molecule has 3 aromatic carbocycles. The standard InChI is InChI=1S/C32H30F3N7O3/c1-20-6-7-25(37-29(43)21-4-3-5-23(16-21)32(33,34)35)17-27(20)42-19-22-18-36-30(39-28(22)40(2)31(42)44)38-24-8-10-26(11-9-24)41-12-14-45-15-13-41/h3-11,16-18H,12-15,19H2,1-2H3,(H,37,43)(H,36,38,39). The van der Waals surface area contributed by atoms with Gasteiger partial charge in [0.2, 0.25) is 5.95 Å². The Bertz CT molecular complexity index is 1740. The maximum Gasteiger partial charge on any atom is 0.416 e. The Morgan fingerprint density at radius 2 is 1.71 bits per heavy atom. The third kappa shape index (κ3) is 6.38. The van der Waals surface area contributed by atoms with Crippen LogP contribution in [0.5, 0.6) is 0 Å². The van der Waals surface area contributed by atoms with Crippen molar-refractivity contribution in [1.82, 2.24) is 9.97 Å². The Morgan fingerprint density at radius 1 is 0.978 bits per heavy atom. The van der Waals surface area contributed by atoms with E-state index >= 15 is 0 Å². The molecule has 1 fully saturated rings. The SMILES string of the molecule is Cc1ccc(NC(=O)c2cccc(C(F)(F)F)c2)cc1N1Cc2cnc(Nc3ccc(N4CCOCC4)cc3)nc2N(C)C1=O. The Balaban J connectivity index is 1.18. The summed E-state index contributed by atoms with van der Waals surface area (Å²) < 4.78 is 44.8. The molecule has 0 aliphatic carbocycles. The van der Waals surface area contributed by atoms with Crippen molar-refractivity contribution in [2.75, 3.05) is 58.7 Å². The van der Waals surface area contributed by atoms with E-state index < -0.39 is 17.6 Å². The van der Waals surface area contributed by atoms with Gasteiger partial charge in [-0.15, -0.1) is 0 Å². The number of carbonyl (C=O) groups excluding carboxylic acids is 2. The summed E-state index contributed by atoms with van der Waals surface area (Å²) in [5, 5.41) is 5.85. The highest BCUT2D eigenvalue weighted by Crippen LogP contribution is 2.34. The quantitative estimate of drug-likeness (QED) is 0.265. The monoisotopic (exact) mass is 617 g/mol. The number of nitrogens with one attached hydrogen (secondary N) is 2. The highest BCUT2D eigenvalue weighted by molar-refractivity contribution is 6.07. The van der Waals surface area contributed by atoms with Gasteiger partial charge in [0.15, 0.2) is 0 Å². The number of hydrogen-bond donors (Lipinski definition) is 2. The molecule has 3 amide bonds. The lowest BCUT2D eigenvalue weighted by atomic mass is 10.1. The van der Waals surface area contributed by atoms with Crippen LogP contribution >= 0.6 is 0 Å². The van der Waals surface area contributed by atoms with Crippen molar-refractivity contribution in [1.29, 1.82) is 0 Å². The smallest absolute Gasteiger partial charge is 0.378 e. The van der Waals surface area contributed by atoms with Gasteiger partial charge in [0.05, 0.1) is 31.0 Å². The summed E-state index contributed by atoms with van der Waals surface area (Å²) in [6.07, 6.45) is -2.91. The number of urea groups is 1. The summed E-state index contributed by atoms with van der Waals surface area (Å²) in [6.45, 7) is 5.10. The minimum atomic E-state index is -4.57. The van der Waals surface area contributed by atoms with Gasteiger partial charge in [-0.05, 0) is 67.1 Å². The maximum atomic E-state index is 13.5. The number of aromatic nitrogens is 2. The van der Waals surface area contributed by atoms with Crippen molar-refractivity contribution in [2.24, 2.45) is 0 Å². The highest BCUT2D eigenvalue weighted by Gasteiger charge is 2.32. The number of anilines is 6. The maximum absolute atomic E-state index is 13.5. The molecule has 0 bridgehead atoms. The van der Waals surface area contributed by atoms with E-state index in [1.807, 2.05) is 31.2 Å². The number of hydrogen-bond acceptors (Lipinski definition) is 7. The van der Waals surface area contributed by atoms with Gasteiger partial charge in [-0.2, -0.15) is 18.2 Å².